The molecule has 8 N–H and O–H groups in total. The van der Waals surface area contributed by atoms with E-state index < -0.39 is 16.7 Å². The zero-order valence-corrected chi connectivity index (χ0v) is 8.76. The van der Waals surface area contributed by atoms with Crippen molar-refractivity contribution in [2.24, 2.45) is 33.4 Å². The molecular formula is C9H18N4O. The minimum Gasteiger partial charge on any atom is -0.363 e. The van der Waals surface area contributed by atoms with E-state index in [1.54, 1.807) is 6.92 Å². The molecule has 2 fully saturated rings. The van der Waals surface area contributed by atoms with Crippen LogP contribution in [-0.4, -0.2) is 22.7 Å². The number of nitrogens with two attached hydrogens (primary N) is 3. The van der Waals surface area contributed by atoms with Crippen LogP contribution in [0.2, 0.25) is 0 Å². The minimum atomic E-state index is -1.81. The van der Waals surface area contributed by atoms with Crippen LogP contribution in [0.15, 0.2) is 0 Å². The molecule has 2 rings (SSSR count). The first kappa shape index (κ1) is 10.0. The number of hydrogen-bond donors (Lipinski definition) is 5. The van der Waals surface area contributed by atoms with Gasteiger partial charge in [0.2, 0.25) is 0 Å². The Kier molecular flexibility index (Phi) is 1.37. The number of nitrogens with one attached hydrogen (secondary N) is 1. The fraction of sp³-hybridized carbons (Fsp3) is 0.889. The van der Waals surface area contributed by atoms with Crippen molar-refractivity contribution in [3.8, 4) is 0 Å². The van der Waals surface area contributed by atoms with Crippen LogP contribution >= 0.6 is 0 Å². The smallest absolute Gasteiger partial charge is 0.174 e. The van der Waals surface area contributed by atoms with Gasteiger partial charge in [-0.05, 0) is 0 Å². The van der Waals surface area contributed by atoms with Gasteiger partial charge in [0.25, 0.3) is 0 Å². The highest BCUT2D eigenvalue weighted by Gasteiger charge is 2.95. The molecule has 0 radical (unpaired) electrons. The maximum absolute atomic E-state index is 9.69. The van der Waals surface area contributed by atoms with E-state index in [2.05, 4.69) is 0 Å². The van der Waals surface area contributed by atoms with E-state index in [1.807, 2.05) is 13.8 Å². The summed E-state index contributed by atoms with van der Waals surface area (Å²) in [6.45, 7) is 5.62. The molecule has 3 atom stereocenters. The summed E-state index contributed by atoms with van der Waals surface area (Å²) in [4.78, 5) is 0. The Morgan fingerprint density at radius 1 is 1.36 bits per heavy atom. The molecule has 2 aliphatic rings. The van der Waals surface area contributed by atoms with Crippen LogP contribution in [0, 0.1) is 21.7 Å². The molecule has 0 saturated heterocycles. The molecule has 2 saturated carbocycles. The van der Waals surface area contributed by atoms with Gasteiger partial charge < -0.3 is 16.2 Å². The van der Waals surface area contributed by atoms with Crippen LogP contribution < -0.4 is 17.2 Å². The van der Waals surface area contributed by atoms with Crippen LogP contribution in [0.1, 0.15) is 20.8 Å². The summed E-state index contributed by atoms with van der Waals surface area (Å²) >= 11 is 0. The van der Waals surface area contributed by atoms with Gasteiger partial charge in [-0.2, -0.15) is 0 Å². The highest BCUT2D eigenvalue weighted by atomic mass is 16.3. The van der Waals surface area contributed by atoms with Gasteiger partial charge in [0.15, 0.2) is 5.85 Å². The van der Waals surface area contributed by atoms with Gasteiger partial charge in [-0.25, -0.2) is 0 Å². The van der Waals surface area contributed by atoms with Gasteiger partial charge in [0.1, 0.15) is 0 Å². The molecule has 0 aromatic rings. The Balaban J connectivity index is 2.44. The zero-order valence-electron chi connectivity index (χ0n) is 8.76. The van der Waals surface area contributed by atoms with Crippen molar-refractivity contribution in [3.63, 3.8) is 0 Å². The molecule has 0 heterocycles. The molecule has 0 aromatic heterocycles. The fourth-order valence-corrected chi connectivity index (χ4v) is 3.36. The first-order valence-electron chi connectivity index (χ1n) is 4.71. The third-order valence-corrected chi connectivity index (χ3v) is 4.60. The predicted molar refractivity (Wildman–Crippen MR) is 53.3 cm³/mol. The fourth-order valence-electron chi connectivity index (χ4n) is 3.36. The molecule has 0 aromatic carbocycles. The minimum absolute atomic E-state index is 0.284. The summed E-state index contributed by atoms with van der Waals surface area (Å²) in [6.07, 6.45) is 0. The van der Waals surface area contributed by atoms with E-state index in [9.17, 15) is 5.11 Å². The highest BCUT2D eigenvalue weighted by molar-refractivity contribution is 6.15. The first-order valence-corrected chi connectivity index (χ1v) is 4.71. The van der Waals surface area contributed by atoms with Crippen molar-refractivity contribution >= 4 is 5.71 Å². The molecule has 0 aliphatic heterocycles. The third-order valence-electron chi connectivity index (χ3n) is 4.60. The lowest BCUT2D eigenvalue weighted by Gasteiger charge is -2.26. The summed E-state index contributed by atoms with van der Waals surface area (Å²) in [5.74, 6) is -1.81. The lowest BCUT2D eigenvalue weighted by atomic mass is 9.94. The average Bonchev–Trinajstić information content (AvgIpc) is 2.65. The van der Waals surface area contributed by atoms with E-state index in [0.29, 0.717) is 5.71 Å². The van der Waals surface area contributed by atoms with Gasteiger partial charge in [-0.15, -0.1) is 0 Å². The molecule has 0 amide bonds. The zero-order chi connectivity index (χ0) is 11.2. The highest BCUT2D eigenvalue weighted by Crippen LogP contribution is 2.84. The second-order valence-corrected chi connectivity index (χ2v) is 5.31. The second kappa shape index (κ2) is 1.90. The van der Waals surface area contributed by atoms with Crippen molar-refractivity contribution in [1.29, 1.82) is 5.41 Å². The largest absolute Gasteiger partial charge is 0.363 e. The van der Waals surface area contributed by atoms with Crippen molar-refractivity contribution in [2.45, 2.75) is 32.7 Å². The van der Waals surface area contributed by atoms with Crippen LogP contribution in [0.5, 0.6) is 0 Å². The predicted octanol–water partition coefficient (Wildman–Crippen LogP) is -1.06. The number of hydrogen-bond acceptors (Lipinski definition) is 5. The van der Waals surface area contributed by atoms with E-state index in [0.717, 1.165) is 0 Å². The first-order chi connectivity index (χ1) is 6.06. The Labute approximate surface area is 83.1 Å². The van der Waals surface area contributed by atoms with Gasteiger partial charge in [-0.1, -0.05) is 20.8 Å². The topological polar surface area (TPSA) is 122 Å². The van der Waals surface area contributed by atoms with E-state index in [1.165, 1.54) is 0 Å². The summed E-state index contributed by atoms with van der Waals surface area (Å²) in [7, 11) is 0. The number of rotatable bonds is 1. The lowest BCUT2D eigenvalue weighted by molar-refractivity contribution is -0.0271. The Bertz CT molecular complexity index is 332. The molecule has 3 unspecified atom stereocenters. The monoisotopic (exact) mass is 198 g/mol. The van der Waals surface area contributed by atoms with Gasteiger partial charge >= 0.3 is 0 Å². The maximum Gasteiger partial charge on any atom is 0.174 e. The molecular weight excluding hydrogens is 180 g/mol. The van der Waals surface area contributed by atoms with Crippen LogP contribution in [0.25, 0.3) is 0 Å². The molecule has 5 nitrogen and oxygen atoms in total. The Morgan fingerprint density at radius 2 is 1.71 bits per heavy atom. The normalized spacial score (nSPS) is 49.6. The summed E-state index contributed by atoms with van der Waals surface area (Å²) in [5, 5.41) is 17.5. The van der Waals surface area contributed by atoms with Crippen molar-refractivity contribution in [3.05, 3.63) is 0 Å². The van der Waals surface area contributed by atoms with E-state index >= 15 is 0 Å². The van der Waals surface area contributed by atoms with Crippen molar-refractivity contribution < 1.29 is 5.11 Å². The van der Waals surface area contributed by atoms with Gasteiger partial charge in [0.05, 0.1) is 5.41 Å². The molecule has 0 bridgehead atoms. The Morgan fingerprint density at radius 3 is 1.79 bits per heavy atom. The molecule has 5 heteroatoms. The summed E-state index contributed by atoms with van der Waals surface area (Å²) in [6, 6.07) is -0.322. The third kappa shape index (κ3) is 0.588. The summed E-state index contributed by atoms with van der Waals surface area (Å²) < 4.78 is 0. The van der Waals surface area contributed by atoms with E-state index in [4.69, 9.17) is 22.6 Å². The standard InChI is InChI=1S/C9H18N4O/c1-6(2)4(10)8(6)5(11)7(8,3)9(12,13)14/h5,10,14H,11-13H2,1-3H3. The van der Waals surface area contributed by atoms with Crippen molar-refractivity contribution in [1.82, 2.24) is 0 Å². The maximum atomic E-state index is 9.69. The van der Waals surface area contributed by atoms with Crippen LogP contribution in [0.4, 0.5) is 0 Å². The molecule has 2 aliphatic carbocycles. The van der Waals surface area contributed by atoms with E-state index in [-0.39, 0.29) is 11.5 Å². The molecule has 14 heavy (non-hydrogen) atoms. The van der Waals surface area contributed by atoms with Gasteiger partial charge in [0, 0.05) is 22.6 Å². The van der Waals surface area contributed by atoms with Crippen LogP contribution in [0.3, 0.4) is 0 Å². The summed E-state index contributed by atoms with van der Waals surface area (Å²) in [5.41, 5.74) is 16.0. The van der Waals surface area contributed by atoms with Crippen LogP contribution in [-0.2, 0) is 0 Å². The second-order valence-electron chi connectivity index (χ2n) is 5.31. The lowest BCUT2D eigenvalue weighted by Crippen LogP contribution is -2.58. The molecule has 80 valence electrons. The van der Waals surface area contributed by atoms with Gasteiger partial charge in [-0.3, -0.25) is 11.5 Å². The quantitative estimate of drug-likeness (QED) is 0.345. The molecule has 1 spiro atoms. The average molecular weight is 198 g/mol. The number of aliphatic hydroxyl groups is 1. The Hall–Kier alpha value is -0.490. The SMILES string of the molecule is CC1(C)C(=N)C12C(N)C2(C)C(N)(N)O. The van der Waals surface area contributed by atoms with Crippen molar-refractivity contribution in [2.75, 3.05) is 0 Å².